The lowest BCUT2D eigenvalue weighted by Gasteiger charge is -2.18. The van der Waals surface area contributed by atoms with Crippen molar-refractivity contribution in [1.29, 1.82) is 0 Å². The van der Waals surface area contributed by atoms with Crippen LogP contribution in [-0.2, 0) is 10.2 Å². The van der Waals surface area contributed by atoms with Crippen LogP contribution in [0.5, 0.6) is 0 Å². The summed E-state index contributed by atoms with van der Waals surface area (Å²) in [5.41, 5.74) is 2.83. The van der Waals surface area contributed by atoms with Crippen LogP contribution in [0.25, 0.3) is 10.9 Å². The summed E-state index contributed by atoms with van der Waals surface area (Å²) in [6, 6.07) is 8.07. The van der Waals surface area contributed by atoms with Crippen LogP contribution < -0.4 is 0 Å². The molecule has 2 rings (SSSR count). The Labute approximate surface area is 107 Å². The predicted octanol–water partition coefficient (Wildman–Crippen LogP) is 3.64. The van der Waals surface area contributed by atoms with Gasteiger partial charge in [-0.05, 0) is 30.0 Å². The summed E-state index contributed by atoms with van der Waals surface area (Å²) < 4.78 is 4.98. The third kappa shape index (κ3) is 2.40. The van der Waals surface area contributed by atoms with Gasteiger partial charge in [0.25, 0.3) is 0 Å². The van der Waals surface area contributed by atoms with Crippen LogP contribution in [0.4, 0.5) is 0 Å². The van der Waals surface area contributed by atoms with Crippen LogP contribution in [0, 0.1) is 0 Å². The van der Waals surface area contributed by atoms with Crippen molar-refractivity contribution in [1.82, 2.24) is 4.98 Å². The van der Waals surface area contributed by atoms with Crippen molar-refractivity contribution < 1.29 is 9.53 Å². The summed E-state index contributed by atoms with van der Waals surface area (Å²) in [6.07, 6.45) is 0. The SMILES string of the molecule is CCOC(=O)c1cc2ccc(C(C)(C)C)cc2[nH]1. The first-order valence-corrected chi connectivity index (χ1v) is 6.22. The predicted molar refractivity (Wildman–Crippen MR) is 73.0 cm³/mol. The number of benzene rings is 1. The van der Waals surface area contributed by atoms with Crippen LogP contribution in [0.1, 0.15) is 43.7 Å². The van der Waals surface area contributed by atoms with E-state index in [0.717, 1.165) is 10.9 Å². The van der Waals surface area contributed by atoms with Gasteiger partial charge in [-0.1, -0.05) is 32.9 Å². The summed E-state index contributed by atoms with van der Waals surface area (Å²) in [4.78, 5) is 14.8. The number of H-pyrrole nitrogens is 1. The van der Waals surface area contributed by atoms with Crippen LogP contribution in [0.2, 0.25) is 0 Å². The van der Waals surface area contributed by atoms with Crippen LogP contribution in [0.3, 0.4) is 0 Å². The molecule has 0 aliphatic heterocycles. The van der Waals surface area contributed by atoms with Gasteiger partial charge >= 0.3 is 5.97 Å². The zero-order valence-electron chi connectivity index (χ0n) is 11.3. The molecule has 0 radical (unpaired) electrons. The lowest BCUT2D eigenvalue weighted by molar-refractivity contribution is 0.0520. The maximum absolute atomic E-state index is 11.6. The average Bonchev–Trinajstić information content (AvgIpc) is 2.70. The summed E-state index contributed by atoms with van der Waals surface area (Å²) in [5.74, 6) is -0.300. The number of fused-ring (bicyclic) bond motifs is 1. The Morgan fingerprint density at radius 2 is 2.00 bits per heavy atom. The standard InChI is InChI=1S/C15H19NO2/c1-5-18-14(17)13-8-10-6-7-11(15(2,3)4)9-12(10)16-13/h6-9,16H,5H2,1-4H3. The number of rotatable bonds is 2. The van der Waals surface area contributed by atoms with Crippen molar-refractivity contribution in [2.45, 2.75) is 33.1 Å². The number of esters is 1. The number of aromatic nitrogens is 1. The molecule has 3 heteroatoms. The Morgan fingerprint density at radius 3 is 2.61 bits per heavy atom. The monoisotopic (exact) mass is 245 g/mol. The van der Waals surface area contributed by atoms with E-state index in [1.165, 1.54) is 5.56 Å². The molecule has 96 valence electrons. The minimum absolute atomic E-state index is 0.101. The molecule has 3 nitrogen and oxygen atoms in total. The molecule has 0 atom stereocenters. The summed E-state index contributed by atoms with van der Waals surface area (Å²) in [6.45, 7) is 8.70. The third-order valence-electron chi connectivity index (χ3n) is 2.98. The molecule has 0 fully saturated rings. The van der Waals surface area contributed by atoms with Crippen molar-refractivity contribution >= 4 is 16.9 Å². The average molecular weight is 245 g/mol. The molecule has 1 aromatic heterocycles. The second-order valence-electron chi connectivity index (χ2n) is 5.46. The second kappa shape index (κ2) is 4.48. The van der Waals surface area contributed by atoms with Gasteiger partial charge < -0.3 is 9.72 Å². The largest absolute Gasteiger partial charge is 0.461 e. The number of ether oxygens (including phenoxy) is 1. The maximum atomic E-state index is 11.6. The fraction of sp³-hybridized carbons (Fsp3) is 0.400. The van der Waals surface area contributed by atoms with Gasteiger partial charge in [-0.25, -0.2) is 4.79 Å². The molecule has 0 amide bonds. The highest BCUT2D eigenvalue weighted by Crippen LogP contribution is 2.26. The van der Waals surface area contributed by atoms with E-state index in [2.05, 4.69) is 37.9 Å². The highest BCUT2D eigenvalue weighted by Gasteiger charge is 2.15. The molecule has 0 spiro atoms. The van der Waals surface area contributed by atoms with Gasteiger partial charge in [-0.15, -0.1) is 0 Å². The first-order valence-electron chi connectivity index (χ1n) is 6.22. The van der Waals surface area contributed by atoms with Crippen molar-refractivity contribution in [3.05, 3.63) is 35.5 Å². The van der Waals surface area contributed by atoms with Gasteiger partial charge in [0.05, 0.1) is 6.61 Å². The molecule has 0 unspecified atom stereocenters. The minimum atomic E-state index is -0.300. The van der Waals surface area contributed by atoms with Crippen LogP contribution >= 0.6 is 0 Å². The van der Waals surface area contributed by atoms with E-state index in [1.54, 1.807) is 6.92 Å². The van der Waals surface area contributed by atoms with Crippen molar-refractivity contribution in [2.24, 2.45) is 0 Å². The van der Waals surface area contributed by atoms with Gasteiger partial charge in [0.1, 0.15) is 5.69 Å². The van der Waals surface area contributed by atoms with Crippen LogP contribution in [-0.4, -0.2) is 17.6 Å². The molecule has 1 N–H and O–H groups in total. The Morgan fingerprint density at radius 1 is 1.28 bits per heavy atom. The van der Waals surface area contributed by atoms with Crippen molar-refractivity contribution in [2.75, 3.05) is 6.61 Å². The third-order valence-corrected chi connectivity index (χ3v) is 2.98. The fourth-order valence-electron chi connectivity index (χ4n) is 1.91. The molecule has 18 heavy (non-hydrogen) atoms. The maximum Gasteiger partial charge on any atom is 0.354 e. The van der Waals surface area contributed by atoms with Crippen molar-refractivity contribution in [3.8, 4) is 0 Å². The lowest BCUT2D eigenvalue weighted by atomic mass is 9.87. The Hall–Kier alpha value is -1.77. The number of carbonyl (C=O) groups is 1. The van der Waals surface area contributed by atoms with E-state index in [1.807, 2.05) is 12.1 Å². The summed E-state index contributed by atoms with van der Waals surface area (Å²) in [7, 11) is 0. The number of hydrogen-bond donors (Lipinski definition) is 1. The normalized spacial score (nSPS) is 11.8. The molecule has 0 aliphatic carbocycles. The number of hydrogen-bond acceptors (Lipinski definition) is 2. The zero-order chi connectivity index (χ0) is 13.3. The molecule has 2 aromatic rings. The molecule has 0 saturated carbocycles. The summed E-state index contributed by atoms with van der Waals surface area (Å²) >= 11 is 0. The lowest BCUT2D eigenvalue weighted by Crippen LogP contribution is -2.10. The number of nitrogens with one attached hydrogen (secondary N) is 1. The van der Waals surface area contributed by atoms with E-state index in [4.69, 9.17) is 4.74 Å². The van der Waals surface area contributed by atoms with Gasteiger partial charge in [-0.3, -0.25) is 0 Å². The highest BCUT2D eigenvalue weighted by molar-refractivity contribution is 5.95. The Balaban J connectivity index is 2.43. The number of carbonyl (C=O) groups excluding carboxylic acids is 1. The quantitative estimate of drug-likeness (QED) is 0.821. The first-order chi connectivity index (χ1) is 8.41. The highest BCUT2D eigenvalue weighted by atomic mass is 16.5. The van der Waals surface area contributed by atoms with E-state index in [-0.39, 0.29) is 11.4 Å². The molecular formula is C15H19NO2. The van der Waals surface area contributed by atoms with E-state index >= 15 is 0 Å². The second-order valence-corrected chi connectivity index (χ2v) is 5.46. The van der Waals surface area contributed by atoms with Gasteiger partial charge in [0.15, 0.2) is 0 Å². The minimum Gasteiger partial charge on any atom is -0.461 e. The Kier molecular flexibility index (Phi) is 3.16. The van der Waals surface area contributed by atoms with Gasteiger partial charge in [0.2, 0.25) is 0 Å². The Bertz CT molecular complexity index is 576. The summed E-state index contributed by atoms with van der Waals surface area (Å²) in [5, 5.41) is 1.03. The van der Waals surface area contributed by atoms with E-state index in [9.17, 15) is 4.79 Å². The smallest absolute Gasteiger partial charge is 0.354 e. The van der Waals surface area contributed by atoms with Gasteiger partial charge in [-0.2, -0.15) is 0 Å². The zero-order valence-corrected chi connectivity index (χ0v) is 11.3. The molecule has 0 saturated heterocycles. The molecule has 1 heterocycles. The van der Waals surface area contributed by atoms with E-state index < -0.39 is 0 Å². The van der Waals surface area contributed by atoms with Gasteiger partial charge in [0, 0.05) is 10.9 Å². The topological polar surface area (TPSA) is 42.1 Å². The number of aromatic amines is 1. The van der Waals surface area contributed by atoms with Crippen LogP contribution in [0.15, 0.2) is 24.3 Å². The molecule has 0 bridgehead atoms. The van der Waals surface area contributed by atoms with E-state index in [0.29, 0.717) is 12.3 Å². The fourth-order valence-corrected chi connectivity index (χ4v) is 1.91. The first kappa shape index (κ1) is 12.7. The van der Waals surface area contributed by atoms with Crippen molar-refractivity contribution in [3.63, 3.8) is 0 Å². The molecule has 0 aliphatic rings. The molecule has 1 aromatic carbocycles. The molecular weight excluding hydrogens is 226 g/mol.